The van der Waals surface area contributed by atoms with Crippen LogP contribution in [-0.4, -0.2) is 40.8 Å². The predicted octanol–water partition coefficient (Wildman–Crippen LogP) is 4.25. The summed E-state index contributed by atoms with van der Waals surface area (Å²) in [5.41, 5.74) is 7.53. The van der Waals surface area contributed by atoms with Crippen molar-refractivity contribution in [1.29, 1.82) is 0 Å². The SMILES string of the molecule is Cc1ccc2c(n1)/C(=N/OCC(F)CO/N=C1\CCCc3ccc(C)nc31)CCC2. The topological polar surface area (TPSA) is 69.0 Å². The first kappa shape index (κ1) is 20.4. The number of aryl methyl sites for hydroxylation is 4. The zero-order valence-electron chi connectivity index (χ0n) is 17.5. The van der Waals surface area contributed by atoms with Crippen LogP contribution in [-0.2, 0) is 22.5 Å². The van der Waals surface area contributed by atoms with Gasteiger partial charge in [0, 0.05) is 11.4 Å². The quantitative estimate of drug-likeness (QED) is 0.668. The average Bonchev–Trinajstić information content (AvgIpc) is 2.74. The van der Waals surface area contributed by atoms with E-state index in [0.717, 1.165) is 72.7 Å². The van der Waals surface area contributed by atoms with Gasteiger partial charge >= 0.3 is 0 Å². The molecule has 7 heteroatoms. The van der Waals surface area contributed by atoms with Crippen LogP contribution in [0.5, 0.6) is 0 Å². The summed E-state index contributed by atoms with van der Waals surface area (Å²) >= 11 is 0. The molecule has 0 bridgehead atoms. The Morgan fingerprint density at radius 1 is 0.800 bits per heavy atom. The van der Waals surface area contributed by atoms with Gasteiger partial charge in [0.25, 0.3) is 0 Å². The lowest BCUT2D eigenvalue weighted by Crippen LogP contribution is -2.19. The smallest absolute Gasteiger partial charge is 0.173 e. The number of nitrogens with zero attached hydrogens (tertiary/aromatic N) is 4. The third-order valence-corrected chi connectivity index (χ3v) is 5.36. The Kier molecular flexibility index (Phi) is 6.35. The van der Waals surface area contributed by atoms with Gasteiger partial charge in [0.1, 0.15) is 11.4 Å². The van der Waals surface area contributed by atoms with E-state index in [1.807, 2.05) is 26.0 Å². The molecule has 2 aromatic rings. The number of aromatic nitrogens is 2. The van der Waals surface area contributed by atoms with Crippen LogP contribution in [0, 0.1) is 13.8 Å². The standard InChI is InChI=1S/C23H27FN4O2/c1-15-9-11-17-5-3-7-20(22(17)25-15)27-29-13-19(24)14-30-28-21-8-4-6-18-12-10-16(2)26-23(18)21/h9-12,19H,3-8,13-14H2,1-2H3/b27-20+,28-21+. The van der Waals surface area contributed by atoms with Gasteiger partial charge in [-0.15, -0.1) is 0 Å². The fourth-order valence-corrected chi connectivity index (χ4v) is 3.82. The maximum absolute atomic E-state index is 14.2. The van der Waals surface area contributed by atoms with Crippen molar-refractivity contribution in [1.82, 2.24) is 9.97 Å². The lowest BCUT2D eigenvalue weighted by Gasteiger charge is -2.17. The minimum Gasteiger partial charge on any atom is -0.392 e. The molecule has 2 aromatic heterocycles. The van der Waals surface area contributed by atoms with E-state index in [1.54, 1.807) is 0 Å². The summed E-state index contributed by atoms with van der Waals surface area (Å²) in [7, 11) is 0. The molecule has 0 fully saturated rings. The third-order valence-electron chi connectivity index (χ3n) is 5.36. The predicted molar refractivity (Wildman–Crippen MR) is 114 cm³/mol. The van der Waals surface area contributed by atoms with Crippen molar-refractivity contribution < 1.29 is 14.1 Å². The summed E-state index contributed by atoms with van der Waals surface area (Å²) in [4.78, 5) is 19.7. The second-order valence-corrected chi connectivity index (χ2v) is 7.89. The lowest BCUT2D eigenvalue weighted by atomic mass is 9.94. The molecule has 2 heterocycles. The molecule has 0 aliphatic heterocycles. The number of hydrogen-bond acceptors (Lipinski definition) is 6. The molecule has 0 atom stereocenters. The van der Waals surface area contributed by atoms with E-state index in [4.69, 9.17) is 9.68 Å². The number of alkyl halides is 1. The number of rotatable bonds is 6. The number of hydrogen-bond donors (Lipinski definition) is 0. The highest BCUT2D eigenvalue weighted by Crippen LogP contribution is 2.22. The largest absolute Gasteiger partial charge is 0.392 e. The average molecular weight is 410 g/mol. The maximum atomic E-state index is 14.2. The second kappa shape index (κ2) is 9.32. The molecule has 6 nitrogen and oxygen atoms in total. The summed E-state index contributed by atoms with van der Waals surface area (Å²) in [5, 5.41) is 8.31. The Bertz CT molecular complexity index is 896. The Hall–Kier alpha value is -2.83. The van der Waals surface area contributed by atoms with Crippen molar-refractivity contribution in [3.8, 4) is 0 Å². The summed E-state index contributed by atoms with van der Waals surface area (Å²) < 4.78 is 14.2. The summed E-state index contributed by atoms with van der Waals surface area (Å²) in [5.74, 6) is 0. The molecule has 0 spiro atoms. The van der Waals surface area contributed by atoms with Crippen LogP contribution in [0.4, 0.5) is 4.39 Å². The monoisotopic (exact) mass is 410 g/mol. The van der Waals surface area contributed by atoms with Crippen molar-refractivity contribution in [3.05, 3.63) is 58.2 Å². The van der Waals surface area contributed by atoms with Crippen LogP contribution in [0.2, 0.25) is 0 Å². The molecule has 2 aliphatic rings. The van der Waals surface area contributed by atoms with Gasteiger partial charge in [0.05, 0.1) is 11.4 Å². The van der Waals surface area contributed by atoms with Crippen molar-refractivity contribution in [2.24, 2.45) is 10.3 Å². The normalized spacial score (nSPS) is 19.3. The third kappa shape index (κ3) is 4.83. The zero-order valence-corrected chi connectivity index (χ0v) is 17.5. The summed E-state index contributed by atoms with van der Waals surface area (Å²) in [6.45, 7) is 3.55. The highest BCUT2D eigenvalue weighted by Gasteiger charge is 2.19. The molecule has 0 N–H and O–H groups in total. The molecular formula is C23H27FN4O2. The minimum atomic E-state index is -1.32. The van der Waals surface area contributed by atoms with Gasteiger partial charge in [-0.1, -0.05) is 22.4 Å². The molecule has 0 amide bonds. The maximum Gasteiger partial charge on any atom is 0.173 e. The van der Waals surface area contributed by atoms with Crippen molar-refractivity contribution in [2.75, 3.05) is 13.2 Å². The van der Waals surface area contributed by atoms with Gasteiger partial charge in [0.15, 0.2) is 19.4 Å². The zero-order chi connectivity index (χ0) is 20.9. The van der Waals surface area contributed by atoms with Crippen LogP contribution in [0.1, 0.15) is 59.6 Å². The van der Waals surface area contributed by atoms with Gasteiger partial charge in [0.2, 0.25) is 0 Å². The number of oxime groups is 2. The first-order valence-electron chi connectivity index (χ1n) is 10.6. The molecule has 0 aromatic carbocycles. The van der Waals surface area contributed by atoms with E-state index in [9.17, 15) is 4.39 Å². The van der Waals surface area contributed by atoms with Gasteiger partial charge < -0.3 is 9.68 Å². The van der Waals surface area contributed by atoms with Crippen LogP contribution in [0.25, 0.3) is 0 Å². The van der Waals surface area contributed by atoms with E-state index >= 15 is 0 Å². The highest BCUT2D eigenvalue weighted by atomic mass is 19.1. The Labute approximate surface area is 176 Å². The van der Waals surface area contributed by atoms with Crippen LogP contribution in [0.15, 0.2) is 34.6 Å². The second-order valence-electron chi connectivity index (χ2n) is 7.89. The fraction of sp³-hybridized carbons (Fsp3) is 0.478. The van der Waals surface area contributed by atoms with Gasteiger partial charge in [-0.25, -0.2) is 4.39 Å². The van der Waals surface area contributed by atoms with E-state index in [2.05, 4.69) is 32.4 Å². The molecular weight excluding hydrogens is 383 g/mol. The van der Waals surface area contributed by atoms with Crippen molar-refractivity contribution in [3.63, 3.8) is 0 Å². The highest BCUT2D eigenvalue weighted by molar-refractivity contribution is 6.01. The molecule has 4 rings (SSSR count). The molecule has 158 valence electrons. The van der Waals surface area contributed by atoms with E-state index in [1.165, 1.54) is 11.1 Å². The first-order valence-corrected chi connectivity index (χ1v) is 10.6. The fourth-order valence-electron chi connectivity index (χ4n) is 3.82. The van der Waals surface area contributed by atoms with Gasteiger partial charge in [-0.05, 0) is 75.6 Å². The molecule has 0 unspecified atom stereocenters. The van der Waals surface area contributed by atoms with Crippen molar-refractivity contribution >= 4 is 11.4 Å². The van der Waals surface area contributed by atoms with E-state index in [-0.39, 0.29) is 13.2 Å². The molecule has 0 saturated carbocycles. The number of fused-ring (bicyclic) bond motifs is 2. The van der Waals surface area contributed by atoms with E-state index in [0.29, 0.717) is 0 Å². The molecule has 0 saturated heterocycles. The summed E-state index contributed by atoms with van der Waals surface area (Å²) in [6, 6.07) is 8.16. The summed E-state index contributed by atoms with van der Waals surface area (Å²) in [6.07, 6.45) is 4.22. The first-order chi connectivity index (χ1) is 14.6. The van der Waals surface area contributed by atoms with Crippen molar-refractivity contribution in [2.45, 2.75) is 58.5 Å². The van der Waals surface area contributed by atoms with Gasteiger partial charge in [-0.2, -0.15) is 0 Å². The molecule has 0 radical (unpaired) electrons. The lowest BCUT2D eigenvalue weighted by molar-refractivity contribution is 0.0253. The number of pyridine rings is 2. The Morgan fingerprint density at radius 3 is 1.73 bits per heavy atom. The van der Waals surface area contributed by atoms with Crippen LogP contribution >= 0.6 is 0 Å². The molecule has 30 heavy (non-hydrogen) atoms. The minimum absolute atomic E-state index is 0.177. The van der Waals surface area contributed by atoms with Crippen LogP contribution < -0.4 is 0 Å². The van der Waals surface area contributed by atoms with Crippen LogP contribution in [0.3, 0.4) is 0 Å². The number of halogens is 1. The Balaban J connectivity index is 1.30. The Morgan fingerprint density at radius 2 is 1.27 bits per heavy atom. The van der Waals surface area contributed by atoms with Gasteiger partial charge in [-0.3, -0.25) is 9.97 Å². The van der Waals surface area contributed by atoms with E-state index < -0.39 is 6.17 Å². The molecule has 2 aliphatic carbocycles.